The summed E-state index contributed by atoms with van der Waals surface area (Å²) in [7, 11) is 0. The van der Waals surface area contributed by atoms with Crippen LogP contribution in [0.3, 0.4) is 0 Å². The van der Waals surface area contributed by atoms with E-state index in [1.54, 1.807) is 0 Å². The number of fused-ring (bicyclic) bond motifs is 1. The second kappa shape index (κ2) is 6.91. The smallest absolute Gasteiger partial charge is 0.252 e. The predicted molar refractivity (Wildman–Crippen MR) is 90.8 cm³/mol. The summed E-state index contributed by atoms with van der Waals surface area (Å²) in [4.78, 5) is 16.4. The highest BCUT2D eigenvalue weighted by atomic mass is 79.9. The number of rotatable bonds is 5. The van der Waals surface area contributed by atoms with Crippen molar-refractivity contribution in [2.45, 2.75) is 13.0 Å². The SMILES string of the molecule is O=C(NCCCn1cnc2ccccc21)c1ccc(F)cc1Br. The van der Waals surface area contributed by atoms with Crippen LogP contribution in [0.4, 0.5) is 4.39 Å². The molecule has 0 unspecified atom stereocenters. The molecule has 1 N–H and O–H groups in total. The summed E-state index contributed by atoms with van der Waals surface area (Å²) < 4.78 is 15.6. The summed E-state index contributed by atoms with van der Waals surface area (Å²) in [5.41, 5.74) is 2.48. The minimum absolute atomic E-state index is 0.215. The Labute approximate surface area is 141 Å². The summed E-state index contributed by atoms with van der Waals surface area (Å²) >= 11 is 3.20. The maximum Gasteiger partial charge on any atom is 0.252 e. The third-order valence-electron chi connectivity index (χ3n) is 3.56. The molecule has 4 nitrogen and oxygen atoms in total. The predicted octanol–water partition coefficient (Wildman–Crippen LogP) is 3.76. The average molecular weight is 376 g/mol. The zero-order valence-corrected chi connectivity index (χ0v) is 13.9. The first kappa shape index (κ1) is 15.7. The topological polar surface area (TPSA) is 46.9 Å². The molecule has 0 aliphatic heterocycles. The van der Waals surface area contributed by atoms with Gasteiger partial charge in [-0.2, -0.15) is 0 Å². The van der Waals surface area contributed by atoms with Crippen LogP contribution >= 0.6 is 15.9 Å². The number of carbonyl (C=O) groups is 1. The second-order valence-corrected chi connectivity index (χ2v) is 6.01. The summed E-state index contributed by atoms with van der Waals surface area (Å²) in [6.07, 6.45) is 2.59. The fourth-order valence-electron chi connectivity index (χ4n) is 2.41. The Balaban J connectivity index is 1.54. The van der Waals surface area contributed by atoms with Gasteiger partial charge in [-0.1, -0.05) is 12.1 Å². The number of halogens is 2. The van der Waals surface area contributed by atoms with E-state index in [1.807, 2.05) is 30.6 Å². The number of imidazole rings is 1. The van der Waals surface area contributed by atoms with Crippen LogP contribution < -0.4 is 5.32 Å². The minimum Gasteiger partial charge on any atom is -0.352 e. The Hall–Kier alpha value is -2.21. The Bertz CT molecular complexity index is 847. The van der Waals surface area contributed by atoms with E-state index in [-0.39, 0.29) is 11.7 Å². The number of hydrogen-bond donors (Lipinski definition) is 1. The first-order valence-electron chi connectivity index (χ1n) is 7.28. The van der Waals surface area contributed by atoms with Crippen molar-refractivity contribution >= 4 is 32.9 Å². The van der Waals surface area contributed by atoms with Gasteiger partial charge in [-0.05, 0) is 52.7 Å². The normalized spacial score (nSPS) is 10.9. The van der Waals surface area contributed by atoms with Crippen molar-refractivity contribution in [2.24, 2.45) is 0 Å². The lowest BCUT2D eigenvalue weighted by Gasteiger charge is -2.08. The largest absolute Gasteiger partial charge is 0.352 e. The van der Waals surface area contributed by atoms with Crippen LogP contribution in [0.1, 0.15) is 16.8 Å². The fraction of sp³-hybridized carbons (Fsp3) is 0.176. The zero-order chi connectivity index (χ0) is 16.2. The third-order valence-corrected chi connectivity index (χ3v) is 4.22. The van der Waals surface area contributed by atoms with Gasteiger partial charge in [-0.3, -0.25) is 4.79 Å². The highest BCUT2D eigenvalue weighted by Gasteiger charge is 2.10. The van der Waals surface area contributed by atoms with Crippen LogP contribution in [0.5, 0.6) is 0 Å². The second-order valence-electron chi connectivity index (χ2n) is 5.16. The number of nitrogens with zero attached hydrogens (tertiary/aromatic N) is 2. The number of nitrogens with one attached hydrogen (secondary N) is 1. The van der Waals surface area contributed by atoms with E-state index in [0.717, 1.165) is 24.0 Å². The van der Waals surface area contributed by atoms with Crippen LogP contribution in [-0.2, 0) is 6.54 Å². The van der Waals surface area contributed by atoms with Crippen LogP contribution in [0.15, 0.2) is 53.3 Å². The van der Waals surface area contributed by atoms with Crippen molar-refractivity contribution in [2.75, 3.05) is 6.54 Å². The number of aromatic nitrogens is 2. The fourth-order valence-corrected chi connectivity index (χ4v) is 2.94. The third kappa shape index (κ3) is 3.59. The molecule has 1 amide bonds. The van der Waals surface area contributed by atoms with Gasteiger partial charge in [0.1, 0.15) is 5.82 Å². The molecule has 3 aromatic rings. The van der Waals surface area contributed by atoms with Gasteiger partial charge >= 0.3 is 0 Å². The number of para-hydroxylation sites is 2. The van der Waals surface area contributed by atoms with E-state index in [0.29, 0.717) is 16.6 Å². The molecule has 0 aliphatic carbocycles. The van der Waals surface area contributed by atoms with Crippen molar-refractivity contribution in [3.05, 3.63) is 64.6 Å². The molecule has 1 heterocycles. The molecule has 0 spiro atoms. The Kier molecular flexibility index (Phi) is 4.71. The summed E-state index contributed by atoms with van der Waals surface area (Å²) in [6.45, 7) is 1.31. The Morgan fingerprint density at radius 1 is 1.26 bits per heavy atom. The van der Waals surface area contributed by atoms with Gasteiger partial charge < -0.3 is 9.88 Å². The van der Waals surface area contributed by atoms with E-state index >= 15 is 0 Å². The number of amides is 1. The lowest BCUT2D eigenvalue weighted by atomic mass is 10.2. The van der Waals surface area contributed by atoms with Gasteiger partial charge in [0.2, 0.25) is 0 Å². The minimum atomic E-state index is -0.375. The number of benzene rings is 2. The molecule has 0 fully saturated rings. The molecule has 0 bridgehead atoms. The highest BCUT2D eigenvalue weighted by molar-refractivity contribution is 9.10. The summed E-state index contributed by atoms with van der Waals surface area (Å²) in [6, 6.07) is 12.0. The summed E-state index contributed by atoms with van der Waals surface area (Å²) in [5, 5.41) is 2.84. The van der Waals surface area contributed by atoms with E-state index in [4.69, 9.17) is 0 Å². The molecule has 0 radical (unpaired) electrons. The quantitative estimate of drug-likeness (QED) is 0.690. The van der Waals surface area contributed by atoms with Gasteiger partial charge in [0.25, 0.3) is 5.91 Å². The van der Waals surface area contributed by atoms with E-state index < -0.39 is 0 Å². The molecular formula is C17H15BrFN3O. The van der Waals surface area contributed by atoms with Gasteiger partial charge in [0, 0.05) is 17.6 Å². The highest BCUT2D eigenvalue weighted by Crippen LogP contribution is 2.18. The Morgan fingerprint density at radius 2 is 2.09 bits per heavy atom. The van der Waals surface area contributed by atoms with Crippen LogP contribution in [0.25, 0.3) is 11.0 Å². The molecule has 1 aromatic heterocycles. The lowest BCUT2D eigenvalue weighted by Crippen LogP contribution is -2.25. The molecule has 0 saturated carbocycles. The molecular weight excluding hydrogens is 361 g/mol. The van der Waals surface area contributed by atoms with Crippen molar-refractivity contribution in [3.63, 3.8) is 0 Å². The van der Waals surface area contributed by atoms with E-state index in [2.05, 4.69) is 30.8 Å². The number of aryl methyl sites for hydroxylation is 1. The molecule has 118 valence electrons. The van der Waals surface area contributed by atoms with Crippen molar-refractivity contribution in [1.29, 1.82) is 0 Å². The Morgan fingerprint density at radius 3 is 2.91 bits per heavy atom. The van der Waals surface area contributed by atoms with E-state index in [1.165, 1.54) is 18.2 Å². The first-order valence-corrected chi connectivity index (χ1v) is 8.07. The van der Waals surface area contributed by atoms with Crippen molar-refractivity contribution in [3.8, 4) is 0 Å². The molecule has 0 saturated heterocycles. The standard InChI is InChI=1S/C17H15BrFN3O/c18-14-10-12(19)6-7-13(14)17(23)20-8-3-9-22-11-21-15-4-1-2-5-16(15)22/h1-2,4-7,10-11H,3,8-9H2,(H,20,23). The van der Waals surface area contributed by atoms with E-state index in [9.17, 15) is 9.18 Å². The van der Waals surface area contributed by atoms with Crippen LogP contribution in [0.2, 0.25) is 0 Å². The maximum absolute atomic E-state index is 13.0. The molecule has 23 heavy (non-hydrogen) atoms. The van der Waals surface area contributed by atoms with Crippen LogP contribution in [-0.4, -0.2) is 22.0 Å². The van der Waals surface area contributed by atoms with Gasteiger partial charge in [-0.15, -0.1) is 0 Å². The van der Waals surface area contributed by atoms with Crippen molar-refractivity contribution < 1.29 is 9.18 Å². The maximum atomic E-state index is 13.0. The molecule has 3 rings (SSSR count). The molecule has 6 heteroatoms. The number of hydrogen-bond acceptors (Lipinski definition) is 2. The molecule has 0 aliphatic rings. The first-order chi connectivity index (χ1) is 11.1. The molecule has 0 atom stereocenters. The van der Waals surface area contributed by atoms with Gasteiger partial charge in [0.05, 0.1) is 22.9 Å². The zero-order valence-electron chi connectivity index (χ0n) is 12.3. The van der Waals surface area contributed by atoms with Crippen LogP contribution in [0, 0.1) is 5.82 Å². The summed E-state index contributed by atoms with van der Waals surface area (Å²) in [5.74, 6) is -0.590. The molecule has 2 aromatic carbocycles. The number of carbonyl (C=O) groups excluding carboxylic acids is 1. The lowest BCUT2D eigenvalue weighted by molar-refractivity contribution is 0.0952. The average Bonchev–Trinajstić information content (AvgIpc) is 2.94. The van der Waals surface area contributed by atoms with Crippen molar-refractivity contribution in [1.82, 2.24) is 14.9 Å². The van der Waals surface area contributed by atoms with Gasteiger partial charge in [-0.25, -0.2) is 9.37 Å². The monoisotopic (exact) mass is 375 g/mol. The van der Waals surface area contributed by atoms with Gasteiger partial charge in [0.15, 0.2) is 0 Å².